The number of thioether (sulfide) groups is 1. The maximum absolute atomic E-state index is 4.32. The van der Waals surface area contributed by atoms with Gasteiger partial charge in [-0.2, -0.15) is 5.10 Å². The van der Waals surface area contributed by atoms with Gasteiger partial charge in [-0.15, -0.1) is 11.8 Å². The summed E-state index contributed by atoms with van der Waals surface area (Å²) in [7, 11) is 1.93. The molecule has 0 spiro atoms. The zero-order valence-electron chi connectivity index (χ0n) is 9.34. The molecule has 16 heavy (non-hydrogen) atoms. The third kappa shape index (κ3) is 2.55. The van der Waals surface area contributed by atoms with Gasteiger partial charge in [-0.1, -0.05) is 0 Å². The monoisotopic (exact) mass is 234 g/mol. The number of nitrogens with one attached hydrogen (secondary N) is 1. The second kappa shape index (κ2) is 5.03. The topological polar surface area (TPSA) is 42.7 Å². The number of aromatic nitrogens is 3. The Morgan fingerprint density at radius 3 is 2.81 bits per heavy atom. The quantitative estimate of drug-likeness (QED) is 0.823. The van der Waals surface area contributed by atoms with E-state index >= 15 is 0 Å². The van der Waals surface area contributed by atoms with Crippen LogP contribution >= 0.6 is 11.8 Å². The largest absolute Gasteiger partial charge is 0.364 e. The van der Waals surface area contributed by atoms with E-state index < -0.39 is 0 Å². The maximum Gasteiger partial charge on any atom is 0.126 e. The van der Waals surface area contributed by atoms with Crippen LogP contribution in [0, 0.1) is 0 Å². The molecule has 2 rings (SSSR count). The van der Waals surface area contributed by atoms with Crippen LogP contribution in [0.5, 0.6) is 0 Å². The minimum atomic E-state index is 0.738. The number of anilines is 1. The lowest BCUT2D eigenvalue weighted by Gasteiger charge is -2.06. The first-order chi connectivity index (χ1) is 7.79. The SMILES string of the molecule is CSc1ccc(NCc2ccnn2C)nc1. The molecule has 0 radical (unpaired) electrons. The molecule has 0 fully saturated rings. The lowest BCUT2D eigenvalue weighted by Crippen LogP contribution is -2.06. The van der Waals surface area contributed by atoms with Crippen LogP contribution in [0.15, 0.2) is 35.5 Å². The van der Waals surface area contributed by atoms with Gasteiger partial charge in [-0.25, -0.2) is 4.98 Å². The van der Waals surface area contributed by atoms with Crippen molar-refractivity contribution in [1.29, 1.82) is 0 Å². The molecule has 0 atom stereocenters. The van der Waals surface area contributed by atoms with Crippen LogP contribution in [0.25, 0.3) is 0 Å². The van der Waals surface area contributed by atoms with Crippen molar-refractivity contribution in [3.8, 4) is 0 Å². The molecule has 2 aromatic rings. The van der Waals surface area contributed by atoms with Gasteiger partial charge in [-0.3, -0.25) is 4.68 Å². The Morgan fingerprint density at radius 2 is 2.25 bits per heavy atom. The molecule has 0 aliphatic carbocycles. The first kappa shape index (κ1) is 11.0. The Hall–Kier alpha value is -1.49. The van der Waals surface area contributed by atoms with E-state index in [0.29, 0.717) is 0 Å². The molecule has 0 bridgehead atoms. The number of aryl methyl sites for hydroxylation is 1. The summed E-state index contributed by atoms with van der Waals surface area (Å²) in [6.45, 7) is 0.738. The van der Waals surface area contributed by atoms with Crippen molar-refractivity contribution < 1.29 is 0 Å². The van der Waals surface area contributed by atoms with Crippen molar-refractivity contribution in [3.05, 3.63) is 36.3 Å². The summed E-state index contributed by atoms with van der Waals surface area (Å²) in [5.74, 6) is 0.888. The molecular weight excluding hydrogens is 220 g/mol. The molecule has 2 aromatic heterocycles. The highest BCUT2D eigenvalue weighted by molar-refractivity contribution is 7.98. The second-order valence-electron chi connectivity index (χ2n) is 3.38. The van der Waals surface area contributed by atoms with Crippen molar-refractivity contribution >= 4 is 17.6 Å². The standard InChI is InChI=1S/C11H14N4S/c1-15-9(5-6-14-15)7-12-11-4-3-10(16-2)8-13-11/h3-6,8H,7H2,1-2H3,(H,12,13). The van der Waals surface area contributed by atoms with Crippen LogP contribution in [0.3, 0.4) is 0 Å². The summed E-state index contributed by atoms with van der Waals surface area (Å²) in [6.07, 6.45) is 5.71. The molecule has 5 heteroatoms. The van der Waals surface area contributed by atoms with Gasteiger partial charge in [0.15, 0.2) is 0 Å². The van der Waals surface area contributed by atoms with Gasteiger partial charge < -0.3 is 5.32 Å². The number of nitrogens with zero attached hydrogens (tertiary/aromatic N) is 3. The maximum atomic E-state index is 4.32. The molecule has 0 amide bonds. The Labute approximate surface area is 99.1 Å². The fourth-order valence-electron chi connectivity index (χ4n) is 1.36. The predicted octanol–water partition coefficient (Wildman–Crippen LogP) is 2.15. The van der Waals surface area contributed by atoms with Gasteiger partial charge in [0.2, 0.25) is 0 Å². The Kier molecular flexibility index (Phi) is 3.46. The van der Waals surface area contributed by atoms with Crippen molar-refractivity contribution in [2.24, 2.45) is 7.05 Å². The smallest absolute Gasteiger partial charge is 0.126 e. The van der Waals surface area contributed by atoms with Crippen LogP contribution < -0.4 is 5.32 Å². The van der Waals surface area contributed by atoms with E-state index in [1.54, 1.807) is 18.0 Å². The number of rotatable bonds is 4. The molecule has 2 heterocycles. The van der Waals surface area contributed by atoms with E-state index in [-0.39, 0.29) is 0 Å². The lowest BCUT2D eigenvalue weighted by molar-refractivity contribution is 0.720. The summed E-state index contributed by atoms with van der Waals surface area (Å²) in [6, 6.07) is 6.04. The van der Waals surface area contributed by atoms with Crippen LogP contribution in [-0.2, 0) is 13.6 Å². The molecule has 0 aliphatic rings. The Balaban J connectivity index is 1.97. The summed E-state index contributed by atoms with van der Waals surface area (Å²) >= 11 is 1.69. The minimum Gasteiger partial charge on any atom is -0.364 e. The Bertz CT molecular complexity index is 449. The van der Waals surface area contributed by atoms with Gasteiger partial charge in [0.05, 0.1) is 12.2 Å². The predicted molar refractivity (Wildman–Crippen MR) is 66.6 cm³/mol. The number of pyridine rings is 1. The highest BCUT2D eigenvalue weighted by Gasteiger charge is 1.99. The van der Waals surface area contributed by atoms with Gasteiger partial charge in [0, 0.05) is 24.3 Å². The first-order valence-electron chi connectivity index (χ1n) is 5.00. The summed E-state index contributed by atoms with van der Waals surface area (Å²) < 4.78 is 1.85. The van der Waals surface area contributed by atoms with E-state index in [0.717, 1.165) is 18.1 Å². The molecule has 0 aliphatic heterocycles. The van der Waals surface area contributed by atoms with E-state index in [1.807, 2.05) is 36.3 Å². The van der Waals surface area contributed by atoms with Gasteiger partial charge in [0.1, 0.15) is 5.82 Å². The van der Waals surface area contributed by atoms with Crippen molar-refractivity contribution in [3.63, 3.8) is 0 Å². The first-order valence-corrected chi connectivity index (χ1v) is 6.23. The summed E-state index contributed by atoms with van der Waals surface area (Å²) in [5, 5.41) is 7.37. The molecule has 4 nitrogen and oxygen atoms in total. The summed E-state index contributed by atoms with van der Waals surface area (Å²) in [5.41, 5.74) is 1.13. The molecule has 0 saturated carbocycles. The van der Waals surface area contributed by atoms with Gasteiger partial charge in [-0.05, 0) is 24.5 Å². The molecule has 0 saturated heterocycles. The Morgan fingerprint density at radius 1 is 1.38 bits per heavy atom. The van der Waals surface area contributed by atoms with Gasteiger partial charge in [0.25, 0.3) is 0 Å². The van der Waals surface area contributed by atoms with Crippen molar-refractivity contribution in [2.45, 2.75) is 11.4 Å². The van der Waals surface area contributed by atoms with Crippen molar-refractivity contribution in [1.82, 2.24) is 14.8 Å². The normalized spacial score (nSPS) is 10.4. The van der Waals surface area contributed by atoms with E-state index in [2.05, 4.69) is 21.5 Å². The molecular formula is C11H14N4S. The minimum absolute atomic E-state index is 0.738. The zero-order chi connectivity index (χ0) is 11.4. The van der Waals surface area contributed by atoms with Crippen LogP contribution in [0.1, 0.15) is 5.69 Å². The van der Waals surface area contributed by atoms with Crippen LogP contribution in [0.4, 0.5) is 5.82 Å². The number of hydrogen-bond donors (Lipinski definition) is 1. The second-order valence-corrected chi connectivity index (χ2v) is 4.26. The molecule has 1 N–H and O–H groups in total. The average Bonchev–Trinajstić information content (AvgIpc) is 2.73. The fraction of sp³-hybridized carbons (Fsp3) is 0.273. The van der Waals surface area contributed by atoms with E-state index in [1.165, 1.54) is 4.90 Å². The van der Waals surface area contributed by atoms with Crippen LogP contribution in [-0.4, -0.2) is 21.0 Å². The highest BCUT2D eigenvalue weighted by atomic mass is 32.2. The zero-order valence-corrected chi connectivity index (χ0v) is 10.2. The van der Waals surface area contributed by atoms with Gasteiger partial charge >= 0.3 is 0 Å². The highest BCUT2D eigenvalue weighted by Crippen LogP contribution is 2.14. The molecule has 0 unspecified atom stereocenters. The fourth-order valence-corrected chi connectivity index (χ4v) is 1.72. The van der Waals surface area contributed by atoms with Crippen molar-refractivity contribution in [2.75, 3.05) is 11.6 Å². The number of hydrogen-bond acceptors (Lipinski definition) is 4. The average molecular weight is 234 g/mol. The van der Waals surface area contributed by atoms with E-state index in [9.17, 15) is 0 Å². The third-order valence-corrected chi connectivity index (χ3v) is 3.06. The molecule has 0 aromatic carbocycles. The van der Waals surface area contributed by atoms with E-state index in [4.69, 9.17) is 0 Å². The van der Waals surface area contributed by atoms with Crippen LogP contribution in [0.2, 0.25) is 0 Å². The summed E-state index contributed by atoms with van der Waals surface area (Å²) in [4.78, 5) is 5.49. The third-order valence-electron chi connectivity index (χ3n) is 2.35. The molecule has 84 valence electrons. The lowest BCUT2D eigenvalue weighted by atomic mass is 10.4.